The average Bonchev–Trinajstić information content (AvgIpc) is 2.51. The fraction of sp³-hybridized carbons (Fsp3) is 0.222. The predicted octanol–water partition coefficient (Wildman–Crippen LogP) is 4.36. The van der Waals surface area contributed by atoms with Gasteiger partial charge < -0.3 is 0 Å². The van der Waals surface area contributed by atoms with Crippen LogP contribution in [-0.4, -0.2) is 5.78 Å². The second-order valence-electron chi connectivity index (χ2n) is 5.07. The van der Waals surface area contributed by atoms with E-state index in [2.05, 4.69) is 19.9 Å². The largest absolute Gasteiger partial charge is 0.289 e. The number of fused-ring (bicyclic) bond motifs is 2. The molecule has 1 nitrogen and oxygen atoms in total. The number of benzene rings is 2. The van der Waals surface area contributed by atoms with Crippen molar-refractivity contribution in [3.63, 3.8) is 0 Å². The minimum absolute atomic E-state index is 0.129. The molecule has 0 aromatic heterocycles. The minimum atomic E-state index is -0.915. The normalized spacial score (nSPS) is 16.6. The lowest BCUT2D eigenvalue weighted by molar-refractivity contribution is 0.103. The van der Waals surface area contributed by atoms with Crippen molar-refractivity contribution in [3.05, 3.63) is 58.7 Å². The molecular formula is C18H18OS. The number of carbonyl (C=O) groups is 1. The predicted molar refractivity (Wildman–Crippen MR) is 85.5 cm³/mol. The highest BCUT2D eigenvalue weighted by Crippen LogP contribution is 2.45. The van der Waals surface area contributed by atoms with E-state index >= 15 is 0 Å². The van der Waals surface area contributed by atoms with E-state index in [0.717, 1.165) is 33.8 Å². The Kier molecular flexibility index (Phi) is 3.29. The van der Waals surface area contributed by atoms with Gasteiger partial charge in [0.1, 0.15) is 0 Å². The van der Waals surface area contributed by atoms with Gasteiger partial charge >= 0.3 is 0 Å². The van der Waals surface area contributed by atoms with E-state index in [1.807, 2.05) is 30.3 Å². The van der Waals surface area contributed by atoms with Crippen molar-refractivity contribution in [3.8, 4) is 5.69 Å². The minimum Gasteiger partial charge on any atom is -0.289 e. The Balaban J connectivity index is 2.34. The number of carbonyl (C=O) groups excluding carboxylic acids is 1. The maximum Gasteiger partial charge on any atom is 0.195 e. The van der Waals surface area contributed by atoms with Crippen LogP contribution in [0.1, 0.15) is 40.9 Å². The van der Waals surface area contributed by atoms with E-state index in [4.69, 9.17) is 5.69 Å². The molecule has 0 saturated heterocycles. The van der Waals surface area contributed by atoms with E-state index in [0.29, 0.717) is 0 Å². The fourth-order valence-electron chi connectivity index (χ4n) is 2.83. The molecule has 0 spiro atoms. The number of aryl methyl sites for hydroxylation is 2. The molecule has 0 bridgehead atoms. The molecule has 0 aliphatic carbocycles. The number of rotatable bonds is 2. The molecule has 2 heteroatoms. The number of thiol groups is 1. The van der Waals surface area contributed by atoms with Gasteiger partial charge in [-0.05, 0) is 42.2 Å². The third kappa shape index (κ3) is 1.84. The van der Waals surface area contributed by atoms with Crippen molar-refractivity contribution in [1.29, 1.82) is 0 Å². The highest BCUT2D eigenvalue weighted by Gasteiger charge is 2.26. The number of hydrogen-bond acceptors (Lipinski definition) is 1. The van der Waals surface area contributed by atoms with Crippen LogP contribution in [0.2, 0.25) is 0 Å². The van der Waals surface area contributed by atoms with Crippen molar-refractivity contribution < 1.29 is 4.79 Å². The van der Waals surface area contributed by atoms with Crippen LogP contribution in [0, 0.1) is 5.69 Å². The van der Waals surface area contributed by atoms with E-state index < -0.39 is 10.3 Å². The van der Waals surface area contributed by atoms with Crippen LogP contribution in [0.15, 0.2) is 46.2 Å². The molecule has 1 atom stereocenters. The second-order valence-corrected chi connectivity index (χ2v) is 6.74. The van der Waals surface area contributed by atoms with Gasteiger partial charge in [0, 0.05) is 20.9 Å². The maximum atomic E-state index is 12.7. The van der Waals surface area contributed by atoms with Crippen LogP contribution >= 0.6 is 10.3 Å². The molecule has 0 amide bonds. The molecule has 3 rings (SSSR count). The summed E-state index contributed by atoms with van der Waals surface area (Å²) in [6.45, 7) is 4.25. The van der Waals surface area contributed by atoms with Crippen LogP contribution in [0.4, 0.5) is 0 Å². The Morgan fingerprint density at radius 1 is 1.05 bits per heavy atom. The smallest absolute Gasteiger partial charge is 0.195 e. The van der Waals surface area contributed by atoms with E-state index in [1.165, 1.54) is 11.1 Å². The summed E-state index contributed by atoms with van der Waals surface area (Å²) in [6, 6.07) is 12.0. The molecule has 102 valence electrons. The molecule has 2 aromatic carbocycles. The molecule has 0 saturated carbocycles. The average molecular weight is 282 g/mol. The lowest BCUT2D eigenvalue weighted by Gasteiger charge is -2.24. The Labute approximate surface area is 122 Å². The van der Waals surface area contributed by atoms with Crippen LogP contribution in [0.5, 0.6) is 0 Å². The molecule has 1 unspecified atom stereocenters. The van der Waals surface area contributed by atoms with E-state index in [9.17, 15) is 4.79 Å². The van der Waals surface area contributed by atoms with Crippen molar-refractivity contribution in [1.82, 2.24) is 0 Å². The third-order valence-electron chi connectivity index (χ3n) is 3.93. The van der Waals surface area contributed by atoms with Crippen molar-refractivity contribution in [2.75, 3.05) is 0 Å². The molecule has 1 aliphatic rings. The lowest BCUT2D eigenvalue weighted by Crippen LogP contribution is -2.12. The first kappa shape index (κ1) is 13.2. The first-order chi connectivity index (χ1) is 9.67. The summed E-state index contributed by atoms with van der Waals surface area (Å²) < 4.78 is 0. The van der Waals surface area contributed by atoms with Gasteiger partial charge in [-0.2, -0.15) is 0 Å². The van der Waals surface area contributed by atoms with Gasteiger partial charge in [-0.3, -0.25) is 4.79 Å². The SMILES string of the molecule is C#[SH]1c2ccccc2C(=O)c2cc(CC)cc(CC)c21. The maximum absolute atomic E-state index is 12.7. The van der Waals surface area contributed by atoms with Gasteiger partial charge in [-0.1, -0.05) is 32.0 Å². The third-order valence-corrected chi connectivity index (χ3v) is 5.85. The summed E-state index contributed by atoms with van der Waals surface area (Å²) in [7, 11) is -0.915. The molecule has 0 radical (unpaired) electrons. The lowest BCUT2D eigenvalue weighted by atomic mass is 9.96. The van der Waals surface area contributed by atoms with Crippen LogP contribution < -0.4 is 0 Å². The molecule has 0 N–H and O–H groups in total. The van der Waals surface area contributed by atoms with Gasteiger partial charge in [0.2, 0.25) is 0 Å². The Hall–Kier alpha value is -1.76. The monoisotopic (exact) mass is 282 g/mol. The van der Waals surface area contributed by atoms with Gasteiger partial charge in [-0.25, -0.2) is 0 Å². The molecular weight excluding hydrogens is 264 g/mol. The standard InChI is InChI=1S/C18H18OS/c1-4-12-10-13(5-2)18-15(11-12)17(19)14-8-6-7-9-16(14)20(18)3/h3,6-11,20H,4-5H2,1-2H3. The van der Waals surface area contributed by atoms with E-state index in [1.54, 1.807) is 0 Å². The first-order valence-electron chi connectivity index (χ1n) is 7.01. The molecule has 0 fully saturated rings. The summed E-state index contributed by atoms with van der Waals surface area (Å²) in [6.07, 6.45) is 1.86. The molecule has 1 heterocycles. The Morgan fingerprint density at radius 2 is 1.80 bits per heavy atom. The van der Waals surface area contributed by atoms with Crippen molar-refractivity contribution in [2.24, 2.45) is 0 Å². The van der Waals surface area contributed by atoms with E-state index in [-0.39, 0.29) is 5.78 Å². The zero-order valence-electron chi connectivity index (χ0n) is 11.8. The molecule has 2 aromatic rings. The first-order valence-corrected chi connectivity index (χ1v) is 8.42. The molecule has 1 aliphatic heterocycles. The zero-order valence-corrected chi connectivity index (χ0v) is 12.7. The summed E-state index contributed by atoms with van der Waals surface area (Å²) in [5.41, 5.74) is 10.6. The number of hydrogen-bond donors (Lipinski definition) is 1. The van der Waals surface area contributed by atoms with Crippen LogP contribution in [-0.2, 0) is 12.8 Å². The zero-order chi connectivity index (χ0) is 14.3. The van der Waals surface area contributed by atoms with Gasteiger partial charge in [0.25, 0.3) is 0 Å². The van der Waals surface area contributed by atoms with Gasteiger partial charge in [0.05, 0.1) is 0 Å². The van der Waals surface area contributed by atoms with Gasteiger partial charge in [-0.15, -0.1) is 16.0 Å². The van der Waals surface area contributed by atoms with Crippen LogP contribution in [0.3, 0.4) is 0 Å². The topological polar surface area (TPSA) is 17.1 Å². The quantitative estimate of drug-likeness (QED) is 0.691. The number of ketones is 1. The van der Waals surface area contributed by atoms with Gasteiger partial charge in [0.15, 0.2) is 5.78 Å². The van der Waals surface area contributed by atoms with Crippen LogP contribution in [0.25, 0.3) is 0 Å². The highest BCUT2D eigenvalue weighted by molar-refractivity contribution is 8.07. The Bertz CT molecular complexity index is 778. The molecule has 20 heavy (non-hydrogen) atoms. The summed E-state index contributed by atoms with van der Waals surface area (Å²) in [4.78, 5) is 14.8. The highest BCUT2D eigenvalue weighted by atomic mass is 32.2. The van der Waals surface area contributed by atoms with Crippen molar-refractivity contribution in [2.45, 2.75) is 36.5 Å². The summed E-state index contributed by atoms with van der Waals surface area (Å²) >= 11 is 0. The second kappa shape index (κ2) is 4.97. The summed E-state index contributed by atoms with van der Waals surface area (Å²) in [5, 5.41) is 0. The van der Waals surface area contributed by atoms with Crippen molar-refractivity contribution >= 4 is 16.1 Å². The fourth-order valence-corrected chi connectivity index (χ4v) is 4.71. The summed E-state index contributed by atoms with van der Waals surface area (Å²) in [5.74, 6) is 0.129. The Morgan fingerprint density at radius 3 is 2.50 bits per heavy atom.